The summed E-state index contributed by atoms with van der Waals surface area (Å²) in [5, 5.41) is 0. The molecule has 0 atom stereocenters. The lowest BCUT2D eigenvalue weighted by Gasteiger charge is -2.14. The van der Waals surface area contributed by atoms with Gasteiger partial charge in [-0.2, -0.15) is 0 Å². The zero-order chi connectivity index (χ0) is 18.0. The summed E-state index contributed by atoms with van der Waals surface area (Å²) in [5.74, 6) is -0.423. The maximum absolute atomic E-state index is 10.2. The highest BCUT2D eigenvalue weighted by Crippen LogP contribution is 2.38. The minimum Gasteiger partial charge on any atom is -0.748 e. The highest BCUT2D eigenvalue weighted by Gasteiger charge is 2.40. The van der Waals surface area contributed by atoms with Crippen LogP contribution in [0.2, 0.25) is 0 Å². The first-order chi connectivity index (χ1) is 11.1. The molecule has 0 fully saturated rings. The molecule has 5 heteroatoms. The number of rotatable bonds is 2. The smallest absolute Gasteiger partial charge is 0.209 e. The summed E-state index contributed by atoms with van der Waals surface area (Å²) in [6.45, 7) is 6.77. The van der Waals surface area contributed by atoms with Crippen molar-refractivity contribution in [2.75, 3.05) is 7.05 Å². The number of hydrogen-bond donors (Lipinski definition) is 0. The molecule has 0 saturated heterocycles. The van der Waals surface area contributed by atoms with E-state index in [0.29, 0.717) is 5.56 Å². The molecule has 4 nitrogen and oxygen atoms in total. The van der Waals surface area contributed by atoms with Gasteiger partial charge in [-0.1, -0.05) is 48.5 Å². The van der Waals surface area contributed by atoms with Crippen LogP contribution in [0.25, 0.3) is 0 Å². The normalized spacial score (nSPS) is 15.5. The molecule has 1 aliphatic heterocycles. The Labute approximate surface area is 144 Å². The minimum atomic E-state index is -4.13. The standard InChI is InChI=1S/C12H16N.C7H8O3S/c1-9-12(2,3)10-7-5-6-8-11(10)13(9)4;8-11(9,10)6-7-4-2-1-3-5-7/h5-8H,1-4H3;1-5H,6H2,(H,8,9,10)/q+1;/p-1. The number of hydrogen-bond acceptors (Lipinski definition) is 3. The molecular formula is C19H23NO3S. The summed E-state index contributed by atoms with van der Waals surface area (Å²) in [6, 6.07) is 17.0. The van der Waals surface area contributed by atoms with Crippen LogP contribution in [0.3, 0.4) is 0 Å². The fraction of sp³-hybridized carbons (Fsp3) is 0.316. The molecule has 128 valence electrons. The van der Waals surface area contributed by atoms with E-state index >= 15 is 0 Å². The van der Waals surface area contributed by atoms with Crippen LogP contribution in [-0.2, 0) is 21.3 Å². The molecule has 0 saturated carbocycles. The van der Waals surface area contributed by atoms with Gasteiger partial charge in [0, 0.05) is 18.6 Å². The Balaban J connectivity index is 0.000000177. The van der Waals surface area contributed by atoms with Gasteiger partial charge < -0.3 is 4.55 Å². The average Bonchev–Trinajstić information content (AvgIpc) is 2.69. The first kappa shape index (κ1) is 18.4. The maximum Gasteiger partial charge on any atom is 0.209 e. The molecule has 0 spiro atoms. The van der Waals surface area contributed by atoms with Gasteiger partial charge in [-0.25, -0.2) is 13.0 Å². The lowest BCUT2D eigenvalue weighted by Crippen LogP contribution is -2.25. The molecule has 0 amide bonds. The van der Waals surface area contributed by atoms with Crippen molar-refractivity contribution in [3.63, 3.8) is 0 Å². The van der Waals surface area contributed by atoms with Gasteiger partial charge in [0.05, 0.1) is 21.3 Å². The molecule has 0 aromatic heterocycles. The Bertz CT molecular complexity index is 853. The first-order valence-corrected chi connectivity index (χ1v) is 9.35. The first-order valence-electron chi connectivity index (χ1n) is 7.77. The lowest BCUT2D eigenvalue weighted by molar-refractivity contribution is -0.403. The van der Waals surface area contributed by atoms with Crippen molar-refractivity contribution in [2.24, 2.45) is 0 Å². The van der Waals surface area contributed by atoms with E-state index in [1.165, 1.54) is 17.0 Å². The van der Waals surface area contributed by atoms with Crippen LogP contribution in [0.4, 0.5) is 5.69 Å². The summed E-state index contributed by atoms with van der Waals surface area (Å²) >= 11 is 0. The third kappa shape index (κ3) is 4.10. The van der Waals surface area contributed by atoms with E-state index in [1.54, 1.807) is 30.3 Å². The van der Waals surface area contributed by atoms with Crippen molar-refractivity contribution in [3.8, 4) is 0 Å². The quantitative estimate of drug-likeness (QED) is 0.619. The summed E-state index contributed by atoms with van der Waals surface area (Å²) in [4.78, 5) is 0. The lowest BCUT2D eigenvalue weighted by atomic mass is 9.82. The summed E-state index contributed by atoms with van der Waals surface area (Å²) < 4.78 is 33.0. The topological polar surface area (TPSA) is 60.2 Å². The second kappa shape index (κ2) is 6.87. The summed E-state index contributed by atoms with van der Waals surface area (Å²) in [5.41, 5.74) is 4.95. The van der Waals surface area contributed by atoms with Gasteiger partial charge >= 0.3 is 0 Å². The van der Waals surface area contributed by atoms with Gasteiger partial charge in [0.15, 0.2) is 5.71 Å². The Morgan fingerprint density at radius 3 is 2.08 bits per heavy atom. The van der Waals surface area contributed by atoms with Crippen molar-refractivity contribution in [1.82, 2.24) is 0 Å². The highest BCUT2D eigenvalue weighted by molar-refractivity contribution is 7.84. The number of nitrogens with zero attached hydrogens (tertiary/aromatic N) is 1. The van der Waals surface area contributed by atoms with Gasteiger partial charge in [-0.15, -0.1) is 0 Å². The van der Waals surface area contributed by atoms with Crippen LogP contribution in [0.5, 0.6) is 0 Å². The number of para-hydroxylation sites is 1. The molecule has 2 aromatic rings. The predicted molar refractivity (Wildman–Crippen MR) is 95.8 cm³/mol. The van der Waals surface area contributed by atoms with E-state index in [-0.39, 0.29) is 5.41 Å². The van der Waals surface area contributed by atoms with Gasteiger partial charge in [0.1, 0.15) is 7.05 Å². The molecule has 3 rings (SSSR count). The Morgan fingerprint density at radius 2 is 1.54 bits per heavy atom. The average molecular weight is 345 g/mol. The molecule has 1 heterocycles. The van der Waals surface area contributed by atoms with Crippen molar-refractivity contribution in [3.05, 3.63) is 65.7 Å². The van der Waals surface area contributed by atoms with E-state index in [1.807, 2.05) is 0 Å². The molecule has 2 aromatic carbocycles. The zero-order valence-corrected chi connectivity index (χ0v) is 15.3. The van der Waals surface area contributed by atoms with Crippen LogP contribution < -0.4 is 0 Å². The molecule has 0 unspecified atom stereocenters. The molecular weight excluding hydrogens is 322 g/mol. The van der Waals surface area contributed by atoms with E-state index in [0.717, 1.165) is 0 Å². The van der Waals surface area contributed by atoms with Crippen LogP contribution >= 0.6 is 0 Å². The predicted octanol–water partition coefficient (Wildman–Crippen LogP) is 3.44. The van der Waals surface area contributed by atoms with Gasteiger partial charge in [0.2, 0.25) is 5.69 Å². The molecule has 0 aliphatic carbocycles. The fourth-order valence-corrected chi connectivity index (χ4v) is 3.47. The van der Waals surface area contributed by atoms with Crippen LogP contribution in [0.1, 0.15) is 31.9 Å². The second-order valence-corrected chi connectivity index (χ2v) is 7.88. The van der Waals surface area contributed by atoms with E-state index < -0.39 is 15.9 Å². The van der Waals surface area contributed by atoms with Crippen molar-refractivity contribution in [2.45, 2.75) is 31.9 Å². The van der Waals surface area contributed by atoms with Crippen LogP contribution in [0.15, 0.2) is 54.6 Å². The maximum atomic E-state index is 10.2. The highest BCUT2D eigenvalue weighted by atomic mass is 32.2. The Hall–Kier alpha value is -1.98. The van der Waals surface area contributed by atoms with Crippen LogP contribution in [0, 0.1) is 0 Å². The summed E-state index contributed by atoms with van der Waals surface area (Å²) in [6.07, 6.45) is 0. The van der Waals surface area contributed by atoms with Crippen LogP contribution in [-0.4, -0.2) is 30.3 Å². The van der Waals surface area contributed by atoms with E-state index in [9.17, 15) is 13.0 Å². The van der Waals surface area contributed by atoms with Gasteiger partial charge in [-0.3, -0.25) is 0 Å². The third-order valence-corrected chi connectivity index (χ3v) is 5.22. The van der Waals surface area contributed by atoms with Crippen molar-refractivity contribution in [1.29, 1.82) is 0 Å². The monoisotopic (exact) mass is 345 g/mol. The molecule has 1 aliphatic rings. The van der Waals surface area contributed by atoms with Gasteiger partial charge in [-0.05, 0) is 19.4 Å². The van der Waals surface area contributed by atoms with E-state index in [4.69, 9.17) is 0 Å². The Kier molecular flexibility index (Phi) is 5.26. The minimum absolute atomic E-state index is 0.200. The number of fused-ring (bicyclic) bond motifs is 1. The van der Waals surface area contributed by atoms with Crippen molar-refractivity contribution < 1.29 is 17.5 Å². The Morgan fingerprint density at radius 1 is 1.00 bits per heavy atom. The molecule has 0 bridgehead atoms. The fourth-order valence-electron chi connectivity index (χ4n) is 2.87. The molecule has 0 N–H and O–H groups in total. The largest absolute Gasteiger partial charge is 0.748 e. The third-order valence-electron chi connectivity index (χ3n) is 4.53. The SMILES string of the molecule is CC1=[N+](C)c2ccccc2C1(C)C.O=S(=O)([O-])Cc1ccccc1. The van der Waals surface area contributed by atoms with Gasteiger partial charge in [0.25, 0.3) is 0 Å². The molecule has 24 heavy (non-hydrogen) atoms. The summed E-state index contributed by atoms with van der Waals surface area (Å²) in [7, 11) is -1.99. The van der Waals surface area contributed by atoms with Crippen molar-refractivity contribution >= 4 is 21.5 Å². The molecule has 0 radical (unpaired) electrons. The van der Waals surface area contributed by atoms with E-state index in [2.05, 4.69) is 56.7 Å². The number of benzene rings is 2. The second-order valence-electron chi connectivity index (χ2n) is 6.47. The zero-order valence-electron chi connectivity index (χ0n) is 14.5.